The van der Waals surface area contributed by atoms with E-state index in [1.54, 1.807) is 12.1 Å². The molecule has 0 spiro atoms. The van der Waals surface area contributed by atoms with Crippen molar-refractivity contribution in [1.82, 2.24) is 0 Å². The van der Waals surface area contributed by atoms with Crippen LogP contribution in [0, 0.1) is 0 Å². The van der Waals surface area contributed by atoms with Gasteiger partial charge in [0.2, 0.25) is 10.0 Å². The molecule has 0 fully saturated rings. The zero-order chi connectivity index (χ0) is 18.0. The highest BCUT2D eigenvalue weighted by molar-refractivity contribution is 7.93. The molecule has 7 nitrogen and oxygen atoms in total. The van der Waals surface area contributed by atoms with Crippen LogP contribution >= 0.6 is 11.6 Å². The summed E-state index contributed by atoms with van der Waals surface area (Å²) in [4.78, 5) is -0.0811. The van der Waals surface area contributed by atoms with E-state index >= 15 is 0 Å². The third kappa shape index (κ3) is 4.53. The number of sulfonamides is 2. The van der Waals surface area contributed by atoms with E-state index in [-0.39, 0.29) is 21.3 Å². The van der Waals surface area contributed by atoms with Gasteiger partial charge in [-0.3, -0.25) is 9.44 Å². The quantitative estimate of drug-likeness (QED) is 0.789. The maximum atomic E-state index is 12.5. The summed E-state index contributed by atoms with van der Waals surface area (Å²) in [6, 6.07) is 10.0. The Labute approximate surface area is 145 Å². The van der Waals surface area contributed by atoms with Gasteiger partial charge in [-0.1, -0.05) is 23.7 Å². The van der Waals surface area contributed by atoms with E-state index in [0.717, 1.165) is 6.26 Å². The Kier molecular flexibility index (Phi) is 5.26. The molecule has 0 aliphatic heterocycles. The molecule has 0 radical (unpaired) electrons. The van der Waals surface area contributed by atoms with Crippen molar-refractivity contribution in [1.29, 1.82) is 0 Å². The molecule has 2 N–H and O–H groups in total. The first-order valence-electron chi connectivity index (χ1n) is 6.55. The van der Waals surface area contributed by atoms with E-state index in [0.29, 0.717) is 5.75 Å². The lowest BCUT2D eigenvalue weighted by Gasteiger charge is -2.13. The standard InChI is InChI=1S/C14H15ClN2O5S2/c1-22-14-8-7-10(9-11(14)15)24(20,21)17-13-6-4-3-5-12(13)16-23(2,18)19/h3-9,16-17H,1-2H3. The zero-order valence-corrected chi connectivity index (χ0v) is 15.2. The summed E-state index contributed by atoms with van der Waals surface area (Å²) >= 11 is 5.95. The average molecular weight is 391 g/mol. The van der Waals surface area contributed by atoms with Gasteiger partial charge in [-0.15, -0.1) is 0 Å². The van der Waals surface area contributed by atoms with Crippen molar-refractivity contribution in [2.45, 2.75) is 4.90 Å². The maximum absolute atomic E-state index is 12.5. The zero-order valence-electron chi connectivity index (χ0n) is 12.8. The van der Waals surface area contributed by atoms with Crippen LogP contribution in [-0.4, -0.2) is 30.2 Å². The largest absolute Gasteiger partial charge is 0.495 e. The van der Waals surface area contributed by atoms with Crippen LogP contribution in [0.2, 0.25) is 5.02 Å². The molecular formula is C14H15ClN2O5S2. The second-order valence-electron chi connectivity index (χ2n) is 4.82. The summed E-state index contributed by atoms with van der Waals surface area (Å²) < 4.78 is 57.3. The van der Waals surface area contributed by atoms with Gasteiger partial charge in [0, 0.05) is 0 Å². The number of nitrogens with one attached hydrogen (secondary N) is 2. The third-order valence-corrected chi connectivity index (χ3v) is 5.15. The van der Waals surface area contributed by atoms with E-state index in [1.165, 1.54) is 37.4 Å². The molecule has 0 saturated heterocycles. The fourth-order valence-corrected chi connectivity index (χ4v) is 3.88. The lowest BCUT2D eigenvalue weighted by atomic mass is 10.3. The van der Waals surface area contributed by atoms with E-state index < -0.39 is 20.0 Å². The van der Waals surface area contributed by atoms with Gasteiger partial charge in [-0.05, 0) is 30.3 Å². The van der Waals surface area contributed by atoms with Crippen molar-refractivity contribution < 1.29 is 21.6 Å². The number of para-hydroxylation sites is 2. The molecule has 0 unspecified atom stereocenters. The highest BCUT2D eigenvalue weighted by atomic mass is 35.5. The topological polar surface area (TPSA) is 102 Å². The van der Waals surface area contributed by atoms with Crippen molar-refractivity contribution in [2.75, 3.05) is 22.8 Å². The fourth-order valence-electron chi connectivity index (χ4n) is 1.88. The lowest BCUT2D eigenvalue weighted by Crippen LogP contribution is -2.16. The molecule has 10 heteroatoms. The van der Waals surface area contributed by atoms with E-state index in [1.807, 2.05) is 0 Å². The highest BCUT2D eigenvalue weighted by Gasteiger charge is 2.18. The van der Waals surface area contributed by atoms with Gasteiger partial charge in [0.05, 0.1) is 34.7 Å². The highest BCUT2D eigenvalue weighted by Crippen LogP contribution is 2.29. The molecule has 0 saturated carbocycles. The number of anilines is 2. The first-order valence-corrected chi connectivity index (χ1v) is 10.3. The molecule has 2 aromatic rings. The third-order valence-electron chi connectivity index (χ3n) is 2.90. The fraction of sp³-hybridized carbons (Fsp3) is 0.143. The molecule has 24 heavy (non-hydrogen) atoms. The normalized spacial score (nSPS) is 11.8. The molecule has 130 valence electrons. The Morgan fingerprint density at radius 2 is 1.54 bits per heavy atom. The lowest BCUT2D eigenvalue weighted by molar-refractivity contribution is 0.414. The first kappa shape index (κ1) is 18.4. The number of ether oxygens (including phenoxy) is 1. The van der Waals surface area contributed by atoms with Gasteiger partial charge in [0.25, 0.3) is 10.0 Å². The van der Waals surface area contributed by atoms with Crippen molar-refractivity contribution in [3.63, 3.8) is 0 Å². The molecule has 2 rings (SSSR count). The number of rotatable bonds is 6. The molecule has 0 atom stereocenters. The molecule has 0 heterocycles. The first-order chi connectivity index (χ1) is 11.1. The smallest absolute Gasteiger partial charge is 0.262 e. The Bertz CT molecular complexity index is 959. The summed E-state index contributed by atoms with van der Waals surface area (Å²) in [6.07, 6.45) is 0.974. The van der Waals surface area contributed by atoms with Crippen molar-refractivity contribution in [3.05, 3.63) is 47.5 Å². The van der Waals surface area contributed by atoms with Crippen LogP contribution in [0.15, 0.2) is 47.4 Å². The van der Waals surface area contributed by atoms with Crippen LogP contribution in [0.4, 0.5) is 11.4 Å². The number of hydrogen-bond acceptors (Lipinski definition) is 5. The minimum absolute atomic E-state index is 0.0811. The number of benzene rings is 2. The number of hydrogen-bond donors (Lipinski definition) is 2. The number of halogens is 1. The minimum Gasteiger partial charge on any atom is -0.495 e. The van der Waals surface area contributed by atoms with Gasteiger partial charge in [-0.2, -0.15) is 0 Å². The van der Waals surface area contributed by atoms with E-state index in [4.69, 9.17) is 16.3 Å². The summed E-state index contributed by atoms with van der Waals surface area (Å²) in [5.41, 5.74) is 0.207. The molecule has 0 aliphatic rings. The molecule has 0 amide bonds. The molecule has 2 aromatic carbocycles. The van der Waals surface area contributed by atoms with Crippen molar-refractivity contribution in [2.24, 2.45) is 0 Å². The Morgan fingerprint density at radius 3 is 2.04 bits per heavy atom. The number of methoxy groups -OCH3 is 1. The Morgan fingerprint density at radius 1 is 0.958 bits per heavy atom. The second-order valence-corrected chi connectivity index (χ2v) is 8.66. The molecule has 0 aliphatic carbocycles. The molecule has 0 bridgehead atoms. The van der Waals surface area contributed by atoms with Gasteiger partial charge < -0.3 is 4.74 Å². The van der Waals surface area contributed by atoms with Gasteiger partial charge in [0.1, 0.15) is 5.75 Å². The van der Waals surface area contributed by atoms with E-state index in [2.05, 4.69) is 9.44 Å². The minimum atomic E-state index is -3.96. The van der Waals surface area contributed by atoms with E-state index in [9.17, 15) is 16.8 Å². The van der Waals surface area contributed by atoms with Gasteiger partial charge >= 0.3 is 0 Å². The monoisotopic (exact) mass is 390 g/mol. The molecule has 0 aromatic heterocycles. The van der Waals surface area contributed by atoms with Crippen LogP contribution in [0.25, 0.3) is 0 Å². The maximum Gasteiger partial charge on any atom is 0.262 e. The Balaban J connectivity index is 2.38. The van der Waals surface area contributed by atoms with Crippen molar-refractivity contribution >= 4 is 43.0 Å². The second kappa shape index (κ2) is 6.88. The van der Waals surface area contributed by atoms with Crippen LogP contribution in [0.5, 0.6) is 5.75 Å². The van der Waals surface area contributed by atoms with Crippen LogP contribution < -0.4 is 14.2 Å². The Hall–Kier alpha value is -1.97. The van der Waals surface area contributed by atoms with Crippen LogP contribution in [0.3, 0.4) is 0 Å². The summed E-state index contributed by atoms with van der Waals surface area (Å²) in [5.74, 6) is 0.342. The SMILES string of the molecule is COc1ccc(S(=O)(=O)Nc2ccccc2NS(C)(=O)=O)cc1Cl. The molecular weight excluding hydrogens is 376 g/mol. The average Bonchev–Trinajstić information content (AvgIpc) is 2.47. The van der Waals surface area contributed by atoms with Crippen molar-refractivity contribution in [3.8, 4) is 5.75 Å². The summed E-state index contributed by atoms with van der Waals surface area (Å²) in [6.45, 7) is 0. The predicted octanol–water partition coefficient (Wildman–Crippen LogP) is 2.52. The summed E-state index contributed by atoms with van der Waals surface area (Å²) in [5, 5.41) is 0.142. The van der Waals surface area contributed by atoms with Crippen LogP contribution in [0.1, 0.15) is 0 Å². The summed E-state index contributed by atoms with van der Waals surface area (Å²) in [7, 11) is -6.10. The van der Waals surface area contributed by atoms with Gasteiger partial charge in [-0.25, -0.2) is 16.8 Å². The van der Waals surface area contributed by atoms with Crippen LogP contribution in [-0.2, 0) is 20.0 Å². The predicted molar refractivity (Wildman–Crippen MR) is 93.7 cm³/mol. The van der Waals surface area contributed by atoms with Gasteiger partial charge in [0.15, 0.2) is 0 Å².